The first-order valence-electron chi connectivity index (χ1n) is 8.08. The zero-order valence-electron chi connectivity index (χ0n) is 14.9. The summed E-state index contributed by atoms with van der Waals surface area (Å²) in [6.45, 7) is 1.42. The second-order valence-electron chi connectivity index (χ2n) is 5.53. The number of halogens is 2. The van der Waals surface area contributed by atoms with Gasteiger partial charge in [0.25, 0.3) is 0 Å². The van der Waals surface area contributed by atoms with Gasteiger partial charge in [0.05, 0.1) is 0 Å². The topological polar surface area (TPSA) is 56.7 Å². The first kappa shape index (κ1) is 22.9. The molecule has 2 rings (SSSR count). The van der Waals surface area contributed by atoms with Gasteiger partial charge in [-0.2, -0.15) is 0 Å². The van der Waals surface area contributed by atoms with Crippen LogP contribution in [0.1, 0.15) is 11.3 Å². The fourth-order valence-corrected chi connectivity index (χ4v) is 3.23. The average molecular weight is 551 g/mol. The van der Waals surface area contributed by atoms with E-state index in [0.29, 0.717) is 13.0 Å². The van der Waals surface area contributed by atoms with E-state index in [1.807, 2.05) is 31.3 Å². The van der Waals surface area contributed by atoms with E-state index in [9.17, 15) is 4.79 Å². The van der Waals surface area contributed by atoms with Crippen molar-refractivity contribution in [1.82, 2.24) is 10.2 Å². The summed E-state index contributed by atoms with van der Waals surface area (Å²) in [4.78, 5) is 19.7. The first-order chi connectivity index (χ1) is 12.1. The van der Waals surface area contributed by atoms with Gasteiger partial charge in [-0.25, -0.2) is 0 Å². The second-order valence-corrected chi connectivity index (χ2v) is 7.48. The highest BCUT2D eigenvalue weighted by molar-refractivity contribution is 14.0. The van der Waals surface area contributed by atoms with Crippen LogP contribution in [0.2, 0.25) is 0 Å². The highest BCUT2D eigenvalue weighted by atomic mass is 127. The lowest BCUT2D eigenvalue weighted by atomic mass is 10.3. The van der Waals surface area contributed by atoms with Crippen LogP contribution in [-0.4, -0.2) is 44.0 Å². The molecule has 2 N–H and O–H groups in total. The fourth-order valence-electron chi connectivity index (χ4n) is 2.27. The van der Waals surface area contributed by atoms with Crippen molar-refractivity contribution in [3.63, 3.8) is 0 Å². The van der Waals surface area contributed by atoms with Gasteiger partial charge in [-0.15, -0.1) is 35.3 Å². The molecular weight excluding hydrogens is 527 g/mol. The normalized spacial score (nSPS) is 10.8. The van der Waals surface area contributed by atoms with Crippen molar-refractivity contribution in [3.8, 4) is 0 Å². The van der Waals surface area contributed by atoms with Crippen molar-refractivity contribution in [3.05, 3.63) is 51.1 Å². The Balaban J connectivity index is 0.00000338. The molecule has 1 heterocycles. The summed E-state index contributed by atoms with van der Waals surface area (Å²) in [7, 11) is 3.76. The van der Waals surface area contributed by atoms with Crippen molar-refractivity contribution >= 4 is 68.8 Å². The number of guanidine groups is 1. The van der Waals surface area contributed by atoms with Gasteiger partial charge in [-0.05, 0) is 42.1 Å². The number of carbonyl (C=O) groups is 1. The number of anilines is 1. The predicted molar refractivity (Wildman–Crippen MR) is 125 cm³/mol. The largest absolute Gasteiger partial charge is 0.356 e. The molecule has 1 aromatic heterocycles. The third-order valence-corrected chi connectivity index (χ3v) is 5.08. The fraction of sp³-hybridized carbons (Fsp3) is 0.333. The Hall–Kier alpha value is -1.13. The monoisotopic (exact) mass is 550 g/mol. The minimum atomic E-state index is -0.0217. The van der Waals surface area contributed by atoms with Crippen LogP contribution in [0.4, 0.5) is 5.69 Å². The molecule has 1 amide bonds. The van der Waals surface area contributed by atoms with Gasteiger partial charge in [0.1, 0.15) is 0 Å². The van der Waals surface area contributed by atoms with Gasteiger partial charge >= 0.3 is 0 Å². The Morgan fingerprint density at radius 3 is 2.62 bits per heavy atom. The Labute approximate surface area is 184 Å². The molecule has 26 heavy (non-hydrogen) atoms. The summed E-state index contributed by atoms with van der Waals surface area (Å²) in [6.07, 6.45) is 1.37. The molecule has 0 unspecified atom stereocenters. The maximum absolute atomic E-state index is 12.0. The Morgan fingerprint density at radius 2 is 2.00 bits per heavy atom. The van der Waals surface area contributed by atoms with Crippen LogP contribution in [-0.2, 0) is 11.2 Å². The summed E-state index contributed by atoms with van der Waals surface area (Å²) >= 11 is 5.14. The number of hydrogen-bond donors (Lipinski definition) is 2. The number of nitrogens with zero attached hydrogens (tertiary/aromatic N) is 2. The Kier molecular flexibility index (Phi) is 10.8. The first-order valence-corrected chi connectivity index (χ1v) is 9.75. The van der Waals surface area contributed by atoms with E-state index < -0.39 is 0 Å². The molecule has 0 radical (unpaired) electrons. The zero-order valence-corrected chi connectivity index (χ0v) is 19.6. The van der Waals surface area contributed by atoms with Crippen LogP contribution in [0.15, 0.2) is 51.2 Å². The Bertz CT molecular complexity index is 692. The van der Waals surface area contributed by atoms with Gasteiger partial charge < -0.3 is 15.5 Å². The standard InChI is InChI=1S/C18H23BrN4OS.HI/c1-20-18(23(2)12-10-16-4-3-13-25-16)21-11-9-17(24)22-15-7-5-14(19)6-8-15;/h3-8,13H,9-12H2,1-2H3,(H,20,21)(H,22,24);1H. The third kappa shape index (κ3) is 8.05. The van der Waals surface area contributed by atoms with Crippen LogP contribution >= 0.6 is 51.2 Å². The number of hydrogen-bond acceptors (Lipinski definition) is 3. The van der Waals surface area contributed by atoms with E-state index in [4.69, 9.17) is 0 Å². The number of aliphatic imine (C=N–C) groups is 1. The van der Waals surface area contributed by atoms with Gasteiger partial charge in [0.15, 0.2) is 5.96 Å². The molecule has 0 saturated heterocycles. The van der Waals surface area contributed by atoms with Crippen LogP contribution in [0.3, 0.4) is 0 Å². The van der Waals surface area contributed by atoms with E-state index in [2.05, 4.69) is 54.0 Å². The molecule has 8 heteroatoms. The minimum Gasteiger partial charge on any atom is -0.356 e. The van der Waals surface area contributed by atoms with Gasteiger partial charge in [-0.3, -0.25) is 9.79 Å². The van der Waals surface area contributed by atoms with Crippen LogP contribution in [0.5, 0.6) is 0 Å². The van der Waals surface area contributed by atoms with Crippen LogP contribution in [0, 0.1) is 0 Å². The number of nitrogens with one attached hydrogen (secondary N) is 2. The van der Waals surface area contributed by atoms with Crippen LogP contribution in [0.25, 0.3) is 0 Å². The molecule has 1 aromatic carbocycles. The third-order valence-electron chi connectivity index (χ3n) is 3.61. The van der Waals surface area contributed by atoms with E-state index in [1.54, 1.807) is 18.4 Å². The predicted octanol–water partition coefficient (Wildman–Crippen LogP) is 4.21. The Morgan fingerprint density at radius 1 is 1.27 bits per heavy atom. The highest BCUT2D eigenvalue weighted by Crippen LogP contribution is 2.14. The van der Waals surface area contributed by atoms with Crippen molar-refractivity contribution < 1.29 is 4.79 Å². The molecule has 0 aliphatic carbocycles. The second kappa shape index (κ2) is 12.3. The lowest BCUT2D eigenvalue weighted by molar-refractivity contribution is -0.116. The summed E-state index contributed by atoms with van der Waals surface area (Å²) in [5.41, 5.74) is 0.797. The number of thiophene rings is 1. The average Bonchev–Trinajstić information content (AvgIpc) is 3.12. The molecule has 142 valence electrons. The molecule has 0 spiro atoms. The van der Waals surface area contributed by atoms with E-state index in [-0.39, 0.29) is 29.9 Å². The maximum atomic E-state index is 12.0. The van der Waals surface area contributed by atoms with Crippen molar-refractivity contribution in [1.29, 1.82) is 0 Å². The number of likely N-dealkylation sites (N-methyl/N-ethyl adjacent to an activating group) is 1. The number of benzene rings is 1. The van der Waals surface area contributed by atoms with Crippen molar-refractivity contribution in [2.24, 2.45) is 4.99 Å². The summed E-state index contributed by atoms with van der Waals surface area (Å²) in [6, 6.07) is 11.7. The zero-order chi connectivity index (χ0) is 18.1. The summed E-state index contributed by atoms with van der Waals surface area (Å²) in [5.74, 6) is 0.777. The summed E-state index contributed by atoms with van der Waals surface area (Å²) in [5, 5.41) is 8.21. The summed E-state index contributed by atoms with van der Waals surface area (Å²) < 4.78 is 0.988. The van der Waals surface area contributed by atoms with Crippen molar-refractivity contribution in [2.75, 3.05) is 32.5 Å². The number of rotatable bonds is 7. The smallest absolute Gasteiger partial charge is 0.226 e. The van der Waals surface area contributed by atoms with E-state index >= 15 is 0 Å². The van der Waals surface area contributed by atoms with E-state index in [1.165, 1.54) is 4.88 Å². The molecule has 0 aliphatic heterocycles. The van der Waals surface area contributed by atoms with Crippen molar-refractivity contribution in [2.45, 2.75) is 12.8 Å². The number of amides is 1. The molecule has 0 bridgehead atoms. The van der Waals surface area contributed by atoms with Gasteiger partial charge in [0.2, 0.25) is 5.91 Å². The quantitative estimate of drug-likeness (QED) is 0.308. The molecular formula is C18H24BrIN4OS. The molecule has 5 nitrogen and oxygen atoms in total. The lowest BCUT2D eigenvalue weighted by Crippen LogP contribution is -2.40. The van der Waals surface area contributed by atoms with Gasteiger partial charge in [-0.1, -0.05) is 22.0 Å². The molecule has 0 atom stereocenters. The molecule has 0 fully saturated rings. The van der Waals surface area contributed by atoms with Gasteiger partial charge in [0, 0.05) is 48.6 Å². The lowest BCUT2D eigenvalue weighted by Gasteiger charge is -2.21. The molecule has 0 aliphatic rings. The van der Waals surface area contributed by atoms with E-state index in [0.717, 1.165) is 29.1 Å². The molecule has 0 saturated carbocycles. The van der Waals surface area contributed by atoms with Crippen LogP contribution < -0.4 is 10.6 Å². The number of carbonyl (C=O) groups excluding carboxylic acids is 1. The maximum Gasteiger partial charge on any atom is 0.226 e. The molecule has 2 aromatic rings. The highest BCUT2D eigenvalue weighted by Gasteiger charge is 2.08. The minimum absolute atomic E-state index is 0. The SMILES string of the molecule is CN=C(NCCC(=O)Nc1ccc(Br)cc1)N(C)CCc1cccs1.I.